The number of carbonyl (C=O) groups excluding carboxylic acids is 1. The van der Waals surface area contributed by atoms with E-state index in [1.807, 2.05) is 29.8 Å². The van der Waals surface area contributed by atoms with Crippen molar-refractivity contribution in [1.29, 1.82) is 0 Å². The quantitative estimate of drug-likeness (QED) is 0.376. The Labute approximate surface area is 170 Å². The molecule has 0 saturated carbocycles. The molecule has 0 aliphatic heterocycles. The van der Waals surface area contributed by atoms with E-state index >= 15 is 0 Å². The SMILES string of the molecule is Cc1c(-c2ccc(NC(=O)c3ccc(Cl)cc3)cc2[N+](=O)[O-])ccn2ccnc12. The van der Waals surface area contributed by atoms with Crippen LogP contribution in [0, 0.1) is 17.0 Å². The topological polar surface area (TPSA) is 89.5 Å². The number of aryl methyl sites for hydroxylation is 1. The van der Waals surface area contributed by atoms with Crippen molar-refractivity contribution in [1.82, 2.24) is 9.38 Å². The second kappa shape index (κ2) is 7.37. The van der Waals surface area contributed by atoms with Crippen molar-refractivity contribution in [3.63, 3.8) is 0 Å². The average Bonchev–Trinajstić information content (AvgIpc) is 3.19. The first-order valence-electron chi connectivity index (χ1n) is 8.72. The summed E-state index contributed by atoms with van der Waals surface area (Å²) in [7, 11) is 0. The molecule has 1 amide bonds. The summed E-state index contributed by atoms with van der Waals surface area (Å²) in [5.74, 6) is -0.376. The van der Waals surface area contributed by atoms with Crippen LogP contribution in [0.25, 0.3) is 16.8 Å². The molecule has 0 radical (unpaired) electrons. The summed E-state index contributed by atoms with van der Waals surface area (Å²) < 4.78 is 1.85. The van der Waals surface area contributed by atoms with E-state index in [2.05, 4.69) is 10.3 Å². The van der Waals surface area contributed by atoms with Crippen LogP contribution in [-0.4, -0.2) is 20.2 Å². The van der Waals surface area contributed by atoms with Crippen LogP contribution >= 0.6 is 11.6 Å². The summed E-state index contributed by atoms with van der Waals surface area (Å²) in [4.78, 5) is 28.0. The molecule has 7 nitrogen and oxygen atoms in total. The standard InChI is InChI=1S/C21H15ClN4O3/c1-13-17(8-10-25-11-9-23-20(13)25)18-7-6-16(12-19(18)26(28)29)24-21(27)14-2-4-15(22)5-3-14/h2-12H,1H3,(H,24,27). The number of fused-ring (bicyclic) bond motifs is 1. The summed E-state index contributed by atoms with van der Waals surface area (Å²) >= 11 is 5.84. The fourth-order valence-corrected chi connectivity index (χ4v) is 3.33. The van der Waals surface area contributed by atoms with Gasteiger partial charge in [0.1, 0.15) is 5.65 Å². The number of benzene rings is 2. The molecule has 2 heterocycles. The van der Waals surface area contributed by atoms with Gasteiger partial charge in [-0.2, -0.15) is 0 Å². The fourth-order valence-electron chi connectivity index (χ4n) is 3.21. The molecule has 144 valence electrons. The second-order valence-electron chi connectivity index (χ2n) is 6.46. The molecule has 0 bridgehead atoms. The van der Waals surface area contributed by atoms with Gasteiger partial charge in [0.2, 0.25) is 0 Å². The number of hydrogen-bond donors (Lipinski definition) is 1. The fraction of sp³-hybridized carbons (Fsp3) is 0.0476. The largest absolute Gasteiger partial charge is 0.322 e. The molecule has 0 spiro atoms. The lowest BCUT2D eigenvalue weighted by atomic mass is 10.00. The van der Waals surface area contributed by atoms with Crippen molar-refractivity contribution >= 4 is 34.5 Å². The highest BCUT2D eigenvalue weighted by Crippen LogP contribution is 2.35. The monoisotopic (exact) mass is 406 g/mol. The van der Waals surface area contributed by atoms with Gasteiger partial charge in [-0.05, 0) is 55.0 Å². The molecule has 0 saturated heterocycles. The zero-order valence-electron chi connectivity index (χ0n) is 15.3. The Morgan fingerprint density at radius 3 is 2.59 bits per heavy atom. The molecular weight excluding hydrogens is 392 g/mol. The number of nitro benzene ring substituents is 1. The van der Waals surface area contributed by atoms with E-state index in [0.29, 0.717) is 27.4 Å². The van der Waals surface area contributed by atoms with Gasteiger partial charge in [-0.25, -0.2) is 4.98 Å². The molecule has 0 fully saturated rings. The summed E-state index contributed by atoms with van der Waals surface area (Å²) in [5.41, 5.74) is 3.38. The van der Waals surface area contributed by atoms with Gasteiger partial charge in [0.05, 0.1) is 10.5 Å². The van der Waals surface area contributed by atoms with E-state index in [9.17, 15) is 14.9 Å². The maximum Gasteiger partial charge on any atom is 0.279 e. The highest BCUT2D eigenvalue weighted by Gasteiger charge is 2.20. The molecule has 0 atom stereocenters. The minimum Gasteiger partial charge on any atom is -0.322 e. The number of imidazole rings is 1. The third kappa shape index (κ3) is 3.55. The van der Waals surface area contributed by atoms with Gasteiger partial charge < -0.3 is 9.72 Å². The number of nitrogens with zero attached hydrogens (tertiary/aromatic N) is 3. The van der Waals surface area contributed by atoms with E-state index in [1.54, 1.807) is 42.6 Å². The molecule has 2 aromatic heterocycles. The number of aromatic nitrogens is 2. The van der Waals surface area contributed by atoms with Crippen molar-refractivity contribution in [2.45, 2.75) is 6.92 Å². The number of carbonyl (C=O) groups is 1. The number of nitrogens with one attached hydrogen (secondary N) is 1. The molecule has 8 heteroatoms. The van der Waals surface area contributed by atoms with Crippen LogP contribution in [0.4, 0.5) is 11.4 Å². The van der Waals surface area contributed by atoms with Gasteiger partial charge >= 0.3 is 0 Å². The van der Waals surface area contributed by atoms with Crippen LogP contribution in [0.2, 0.25) is 5.02 Å². The average molecular weight is 407 g/mol. The Balaban J connectivity index is 1.71. The van der Waals surface area contributed by atoms with Crippen molar-refractivity contribution in [3.05, 3.63) is 93.4 Å². The predicted molar refractivity (Wildman–Crippen MR) is 111 cm³/mol. The van der Waals surface area contributed by atoms with Crippen LogP contribution in [0.5, 0.6) is 0 Å². The normalized spacial score (nSPS) is 10.8. The summed E-state index contributed by atoms with van der Waals surface area (Å²) in [6.45, 7) is 1.87. The Morgan fingerprint density at radius 2 is 1.86 bits per heavy atom. The van der Waals surface area contributed by atoms with E-state index in [1.165, 1.54) is 6.07 Å². The van der Waals surface area contributed by atoms with Crippen LogP contribution in [0.15, 0.2) is 67.1 Å². The Kier molecular flexibility index (Phi) is 4.74. The third-order valence-electron chi connectivity index (χ3n) is 4.66. The highest BCUT2D eigenvalue weighted by molar-refractivity contribution is 6.30. The van der Waals surface area contributed by atoms with Crippen LogP contribution in [0.3, 0.4) is 0 Å². The van der Waals surface area contributed by atoms with E-state index < -0.39 is 4.92 Å². The molecule has 0 unspecified atom stereocenters. The maximum absolute atomic E-state index is 12.4. The maximum atomic E-state index is 12.4. The summed E-state index contributed by atoms with van der Waals surface area (Å²) in [6.07, 6.45) is 5.30. The predicted octanol–water partition coefficient (Wildman–Crippen LogP) is 5.12. The van der Waals surface area contributed by atoms with Crippen LogP contribution in [-0.2, 0) is 0 Å². The number of hydrogen-bond acceptors (Lipinski definition) is 4. The minimum absolute atomic E-state index is 0.0992. The van der Waals surface area contributed by atoms with Gasteiger partial charge in [-0.1, -0.05) is 11.6 Å². The van der Waals surface area contributed by atoms with Gasteiger partial charge in [-0.3, -0.25) is 14.9 Å². The number of rotatable bonds is 4. The smallest absolute Gasteiger partial charge is 0.279 e. The number of pyridine rings is 1. The molecule has 4 aromatic rings. The minimum atomic E-state index is -0.456. The first kappa shape index (κ1) is 18.6. The number of nitro groups is 1. The van der Waals surface area contributed by atoms with Crippen molar-refractivity contribution in [2.24, 2.45) is 0 Å². The highest BCUT2D eigenvalue weighted by atomic mass is 35.5. The zero-order valence-corrected chi connectivity index (χ0v) is 16.1. The number of anilines is 1. The summed E-state index contributed by atoms with van der Waals surface area (Å²) in [6, 6.07) is 12.8. The molecule has 0 aliphatic carbocycles. The zero-order chi connectivity index (χ0) is 20.5. The Hall–Kier alpha value is -3.71. The van der Waals surface area contributed by atoms with Crippen molar-refractivity contribution in [2.75, 3.05) is 5.32 Å². The van der Waals surface area contributed by atoms with Gasteiger partial charge in [0.15, 0.2) is 0 Å². The lowest BCUT2D eigenvalue weighted by Gasteiger charge is -2.11. The third-order valence-corrected chi connectivity index (χ3v) is 4.91. The van der Waals surface area contributed by atoms with Crippen LogP contribution in [0.1, 0.15) is 15.9 Å². The molecule has 1 N–H and O–H groups in total. The van der Waals surface area contributed by atoms with E-state index in [-0.39, 0.29) is 11.6 Å². The molecule has 0 aliphatic rings. The van der Waals surface area contributed by atoms with Crippen LogP contribution < -0.4 is 5.32 Å². The van der Waals surface area contributed by atoms with Crippen molar-refractivity contribution in [3.8, 4) is 11.1 Å². The lowest BCUT2D eigenvalue weighted by Crippen LogP contribution is -2.12. The van der Waals surface area contributed by atoms with Gasteiger partial charge in [0, 0.05) is 46.5 Å². The van der Waals surface area contributed by atoms with E-state index in [0.717, 1.165) is 11.2 Å². The van der Waals surface area contributed by atoms with Crippen molar-refractivity contribution < 1.29 is 9.72 Å². The molecule has 4 rings (SSSR count). The first-order chi connectivity index (χ1) is 13.9. The molecular formula is C21H15ClN4O3. The first-order valence-corrected chi connectivity index (χ1v) is 9.10. The number of halogens is 1. The number of amides is 1. The van der Waals surface area contributed by atoms with E-state index in [4.69, 9.17) is 11.6 Å². The Morgan fingerprint density at radius 1 is 1.10 bits per heavy atom. The van der Waals surface area contributed by atoms with Gasteiger partial charge in [-0.15, -0.1) is 0 Å². The Bertz CT molecular complexity index is 1250. The summed E-state index contributed by atoms with van der Waals surface area (Å²) in [5, 5.41) is 14.9. The van der Waals surface area contributed by atoms with Gasteiger partial charge in [0.25, 0.3) is 11.6 Å². The molecule has 29 heavy (non-hydrogen) atoms. The molecule has 2 aromatic carbocycles. The second-order valence-corrected chi connectivity index (χ2v) is 6.90. The lowest BCUT2D eigenvalue weighted by molar-refractivity contribution is -0.384.